The Balaban J connectivity index is 1.71. The fourth-order valence-electron chi connectivity index (χ4n) is 5.94. The van der Waals surface area contributed by atoms with Gasteiger partial charge in [0.2, 0.25) is 23.6 Å². The first-order valence-corrected chi connectivity index (χ1v) is 19.0. The Morgan fingerprint density at radius 2 is 1.18 bits per heavy atom. The van der Waals surface area contributed by atoms with Crippen LogP contribution in [0.5, 0.6) is 5.75 Å². The van der Waals surface area contributed by atoms with Crippen molar-refractivity contribution >= 4 is 29.6 Å². The molecule has 3 aromatic rings. The molecule has 0 saturated heterocycles. The number of aliphatic hydroxyl groups is 1. The van der Waals surface area contributed by atoms with E-state index in [4.69, 9.17) is 9.47 Å². The number of amides is 4. The zero-order chi connectivity index (χ0) is 40.5. The molecule has 0 aliphatic rings. The second-order valence-electron chi connectivity index (χ2n) is 14.6. The van der Waals surface area contributed by atoms with Gasteiger partial charge in [-0.1, -0.05) is 121 Å². The van der Waals surface area contributed by atoms with Crippen molar-refractivity contribution in [3.63, 3.8) is 0 Å². The van der Waals surface area contributed by atoms with Crippen molar-refractivity contribution in [2.75, 3.05) is 7.11 Å². The van der Waals surface area contributed by atoms with Crippen LogP contribution in [-0.2, 0) is 48.2 Å². The van der Waals surface area contributed by atoms with Crippen molar-refractivity contribution in [1.29, 1.82) is 0 Å². The predicted octanol–water partition coefficient (Wildman–Crippen LogP) is 4.27. The molecular weight excluding hydrogens is 700 g/mol. The summed E-state index contributed by atoms with van der Waals surface area (Å²) in [6.07, 6.45) is -1.000. The lowest BCUT2D eigenvalue weighted by atomic mass is 9.95. The molecule has 0 fully saturated rings. The summed E-state index contributed by atoms with van der Waals surface area (Å²) in [7, 11) is 1.56. The molecule has 0 saturated carbocycles. The summed E-state index contributed by atoms with van der Waals surface area (Å²) in [5, 5.41) is 22.8. The number of ether oxygens (including phenoxy) is 2. The Bertz CT molecular complexity index is 1670. The molecule has 0 aliphatic carbocycles. The Labute approximate surface area is 325 Å². The Kier molecular flexibility index (Phi) is 17.8. The molecule has 3 rings (SSSR count). The molecule has 0 aromatic heterocycles. The van der Waals surface area contributed by atoms with Gasteiger partial charge in [0, 0.05) is 0 Å². The first-order chi connectivity index (χ1) is 26.2. The van der Waals surface area contributed by atoms with Crippen LogP contribution in [0.3, 0.4) is 0 Å². The molecule has 12 heteroatoms. The largest absolute Gasteiger partial charge is 0.497 e. The van der Waals surface area contributed by atoms with E-state index in [0.717, 1.165) is 16.7 Å². The van der Waals surface area contributed by atoms with Gasteiger partial charge < -0.3 is 35.8 Å². The minimum atomic E-state index is -1.36. The van der Waals surface area contributed by atoms with Gasteiger partial charge in [0.1, 0.15) is 30.5 Å². The monoisotopic (exact) mass is 758 g/mol. The minimum Gasteiger partial charge on any atom is -0.497 e. The Morgan fingerprint density at radius 3 is 1.73 bits per heavy atom. The zero-order valence-electron chi connectivity index (χ0n) is 33.0. The van der Waals surface area contributed by atoms with Crippen LogP contribution in [0, 0.1) is 17.8 Å². The third kappa shape index (κ3) is 14.5. The number of nitrogens with one attached hydrogen (secondary N) is 4. The third-order valence-electron chi connectivity index (χ3n) is 9.53. The number of esters is 1. The highest BCUT2D eigenvalue weighted by Crippen LogP contribution is 2.16. The van der Waals surface area contributed by atoms with E-state index in [-0.39, 0.29) is 43.1 Å². The number of aliphatic hydroxyl groups excluding tert-OH is 1. The van der Waals surface area contributed by atoms with Gasteiger partial charge in [-0.25, -0.2) is 4.79 Å². The Hall–Kier alpha value is -5.23. The van der Waals surface area contributed by atoms with Crippen molar-refractivity contribution in [2.24, 2.45) is 17.8 Å². The van der Waals surface area contributed by atoms with Crippen LogP contribution in [0.2, 0.25) is 0 Å². The van der Waals surface area contributed by atoms with E-state index in [2.05, 4.69) is 21.3 Å². The maximum atomic E-state index is 13.7. The highest BCUT2D eigenvalue weighted by molar-refractivity contribution is 5.91. The smallest absolute Gasteiger partial charge is 0.329 e. The van der Waals surface area contributed by atoms with Crippen LogP contribution in [0.15, 0.2) is 84.9 Å². The van der Waals surface area contributed by atoms with E-state index >= 15 is 0 Å². The molecule has 4 amide bonds. The number of hydrogen-bond donors (Lipinski definition) is 5. The molecule has 2 unspecified atom stereocenters. The van der Waals surface area contributed by atoms with Crippen molar-refractivity contribution in [1.82, 2.24) is 21.3 Å². The van der Waals surface area contributed by atoms with Gasteiger partial charge in [-0.05, 0) is 53.0 Å². The molecule has 5 N–H and O–H groups in total. The summed E-state index contributed by atoms with van der Waals surface area (Å²) >= 11 is 0. The van der Waals surface area contributed by atoms with Gasteiger partial charge in [0.05, 0.1) is 32.1 Å². The van der Waals surface area contributed by atoms with E-state index in [1.807, 2.05) is 74.5 Å². The van der Waals surface area contributed by atoms with Crippen LogP contribution in [0.25, 0.3) is 0 Å². The number of carbonyl (C=O) groups is 5. The summed E-state index contributed by atoms with van der Waals surface area (Å²) in [5.41, 5.74) is 2.37. The first-order valence-electron chi connectivity index (χ1n) is 19.0. The molecule has 6 atom stereocenters. The summed E-state index contributed by atoms with van der Waals surface area (Å²) in [6.45, 7) is 10.9. The topological polar surface area (TPSA) is 172 Å². The van der Waals surface area contributed by atoms with Gasteiger partial charge in [0.25, 0.3) is 0 Å². The van der Waals surface area contributed by atoms with Crippen LogP contribution in [0.4, 0.5) is 0 Å². The molecule has 298 valence electrons. The predicted molar refractivity (Wildman–Crippen MR) is 211 cm³/mol. The van der Waals surface area contributed by atoms with Crippen LogP contribution < -0.4 is 26.0 Å². The highest BCUT2D eigenvalue weighted by Gasteiger charge is 2.34. The fourth-order valence-corrected chi connectivity index (χ4v) is 5.94. The number of benzene rings is 3. The number of hydrogen-bond acceptors (Lipinski definition) is 8. The van der Waals surface area contributed by atoms with Crippen LogP contribution >= 0.6 is 0 Å². The molecule has 3 aromatic carbocycles. The third-order valence-corrected chi connectivity index (χ3v) is 9.53. The number of rotatable bonds is 21. The quantitative estimate of drug-likeness (QED) is 0.100. The van der Waals surface area contributed by atoms with Crippen molar-refractivity contribution in [3.8, 4) is 5.75 Å². The van der Waals surface area contributed by atoms with Gasteiger partial charge in [-0.15, -0.1) is 0 Å². The summed E-state index contributed by atoms with van der Waals surface area (Å²) in [6, 6.07) is 21.7. The van der Waals surface area contributed by atoms with Gasteiger partial charge in [0.15, 0.2) is 0 Å². The SMILES string of the molecule is CC[C@H](C)[C@H](NC(=O)C[C@H](O)[C@H](Cc1ccccc1)NC(=O)C(NC(=O)Cc1ccc(OC)cc1)C(C)C)C(=O)NC(C(=O)OCc1ccccc1)C(C)C. The molecule has 0 bridgehead atoms. The normalized spacial score (nSPS) is 14.4. The Morgan fingerprint density at radius 1 is 0.636 bits per heavy atom. The van der Waals surface area contributed by atoms with Gasteiger partial charge in [-0.2, -0.15) is 0 Å². The molecule has 0 radical (unpaired) electrons. The molecule has 12 nitrogen and oxygen atoms in total. The lowest BCUT2D eigenvalue weighted by Crippen LogP contribution is -2.57. The molecule has 0 aliphatic heterocycles. The van der Waals surface area contributed by atoms with E-state index in [0.29, 0.717) is 12.2 Å². The highest BCUT2D eigenvalue weighted by atomic mass is 16.5. The van der Waals surface area contributed by atoms with Crippen molar-refractivity contribution in [3.05, 3.63) is 102 Å². The van der Waals surface area contributed by atoms with Gasteiger partial charge >= 0.3 is 5.97 Å². The van der Waals surface area contributed by atoms with E-state index in [1.54, 1.807) is 59.1 Å². The van der Waals surface area contributed by atoms with Crippen LogP contribution in [-0.4, -0.2) is 72.1 Å². The summed E-state index contributed by atoms with van der Waals surface area (Å²) in [5.74, 6) is -2.85. The standard InChI is InChI=1S/C43H58N4O8/c1-8-29(6)40(42(52)47-39(28(4)5)43(53)55-26-32-17-13-10-14-18-32)46-37(50)25-35(48)34(23-30-15-11-9-12-16-30)44-41(51)38(27(2)3)45-36(49)24-31-19-21-33(54-7)22-20-31/h9-22,27-29,34-35,38-40,48H,8,23-26H2,1-7H3,(H,44,51)(H,45,49)(H,46,50)(H,47,52)/t29-,34-,35-,38?,39?,40-/m0/s1. The molecule has 0 heterocycles. The maximum Gasteiger partial charge on any atom is 0.329 e. The molecular formula is C43H58N4O8. The van der Waals surface area contributed by atoms with E-state index in [1.165, 1.54) is 0 Å². The zero-order valence-corrected chi connectivity index (χ0v) is 33.0. The fraction of sp³-hybridized carbons (Fsp3) is 0.465. The van der Waals surface area contributed by atoms with E-state index in [9.17, 15) is 29.1 Å². The average Bonchev–Trinajstić information content (AvgIpc) is 3.17. The van der Waals surface area contributed by atoms with Gasteiger partial charge in [-0.3, -0.25) is 19.2 Å². The maximum absolute atomic E-state index is 13.7. The summed E-state index contributed by atoms with van der Waals surface area (Å²) in [4.78, 5) is 67.0. The molecule has 0 spiro atoms. The van der Waals surface area contributed by atoms with Crippen molar-refractivity contribution in [2.45, 2.75) is 104 Å². The number of methoxy groups -OCH3 is 1. The molecule has 55 heavy (non-hydrogen) atoms. The number of carbonyl (C=O) groups excluding carboxylic acids is 5. The average molecular weight is 759 g/mol. The van der Waals surface area contributed by atoms with Crippen LogP contribution in [0.1, 0.15) is 71.1 Å². The first kappa shape index (κ1) is 44.2. The lowest BCUT2D eigenvalue weighted by Gasteiger charge is -2.30. The second kappa shape index (κ2) is 22.2. The lowest BCUT2D eigenvalue weighted by molar-refractivity contribution is -0.150. The van der Waals surface area contributed by atoms with E-state index < -0.39 is 60.4 Å². The summed E-state index contributed by atoms with van der Waals surface area (Å²) < 4.78 is 10.7. The van der Waals surface area contributed by atoms with Crippen molar-refractivity contribution < 1.29 is 38.6 Å². The second-order valence-corrected chi connectivity index (χ2v) is 14.6. The minimum absolute atomic E-state index is 0.0500.